The first-order chi connectivity index (χ1) is 8.96. The molecule has 0 saturated carbocycles. The van der Waals surface area contributed by atoms with Crippen LogP contribution in [-0.4, -0.2) is 18.1 Å². The van der Waals surface area contributed by atoms with Crippen molar-refractivity contribution in [2.45, 2.75) is 45.3 Å². The summed E-state index contributed by atoms with van der Waals surface area (Å²) in [4.78, 5) is 10.6. The summed E-state index contributed by atoms with van der Waals surface area (Å²) in [5.74, 6) is 0.765. The van der Waals surface area contributed by atoms with E-state index in [0.717, 1.165) is 31.7 Å². The lowest BCUT2D eigenvalue weighted by Gasteiger charge is -2.16. The van der Waals surface area contributed by atoms with Gasteiger partial charge in [-0.05, 0) is 44.0 Å². The maximum atomic E-state index is 10.6. The smallest absolute Gasteiger partial charge is 0.217 e. The summed E-state index contributed by atoms with van der Waals surface area (Å²) in [5.41, 5.74) is 7.53. The summed E-state index contributed by atoms with van der Waals surface area (Å²) in [6.45, 7) is 5.83. The van der Waals surface area contributed by atoms with Crippen molar-refractivity contribution in [3.05, 3.63) is 29.3 Å². The third kappa shape index (κ3) is 3.96. The zero-order chi connectivity index (χ0) is 13.9. The molecule has 0 bridgehead atoms. The van der Waals surface area contributed by atoms with Crippen LogP contribution in [0.2, 0.25) is 0 Å². The summed E-state index contributed by atoms with van der Waals surface area (Å²) in [6, 6.07) is 6.33. The number of ether oxygens (including phenoxy) is 1. The number of hydrogen-bond donors (Lipinski definition) is 2. The Labute approximate surface area is 114 Å². The van der Waals surface area contributed by atoms with Crippen LogP contribution in [0, 0.1) is 0 Å². The standard InChI is InChI=1S/C15H22N2O2/c1-15(2)9-12-8-11(5-6-13(12)19-15)10-17-7-3-4-14(16)18/h5-6,8,17H,3-4,7,9-10H2,1-2H3,(H2,16,18). The third-order valence-electron chi connectivity index (χ3n) is 3.23. The first kappa shape index (κ1) is 13.9. The van der Waals surface area contributed by atoms with Crippen molar-refractivity contribution in [3.63, 3.8) is 0 Å². The van der Waals surface area contributed by atoms with Gasteiger partial charge in [0.25, 0.3) is 0 Å². The Morgan fingerprint density at radius 1 is 1.47 bits per heavy atom. The zero-order valence-electron chi connectivity index (χ0n) is 11.7. The van der Waals surface area contributed by atoms with Crippen LogP contribution >= 0.6 is 0 Å². The van der Waals surface area contributed by atoms with Crippen molar-refractivity contribution < 1.29 is 9.53 Å². The maximum absolute atomic E-state index is 10.6. The van der Waals surface area contributed by atoms with Gasteiger partial charge in [0.15, 0.2) is 0 Å². The van der Waals surface area contributed by atoms with Crippen LogP contribution in [0.3, 0.4) is 0 Å². The number of carbonyl (C=O) groups excluding carboxylic acids is 1. The van der Waals surface area contributed by atoms with E-state index in [2.05, 4.69) is 31.3 Å². The third-order valence-corrected chi connectivity index (χ3v) is 3.23. The zero-order valence-corrected chi connectivity index (χ0v) is 11.7. The van der Waals surface area contributed by atoms with Crippen LogP contribution in [0.1, 0.15) is 37.8 Å². The van der Waals surface area contributed by atoms with E-state index in [4.69, 9.17) is 10.5 Å². The number of nitrogens with one attached hydrogen (secondary N) is 1. The Bertz CT molecular complexity index is 469. The number of carbonyl (C=O) groups is 1. The van der Waals surface area contributed by atoms with E-state index in [1.165, 1.54) is 11.1 Å². The highest BCUT2D eigenvalue weighted by Gasteiger charge is 2.29. The number of primary amides is 1. The topological polar surface area (TPSA) is 64.3 Å². The fraction of sp³-hybridized carbons (Fsp3) is 0.533. The summed E-state index contributed by atoms with van der Waals surface area (Å²) in [7, 11) is 0. The Balaban J connectivity index is 1.82. The van der Waals surface area contributed by atoms with Crippen LogP contribution in [0.4, 0.5) is 0 Å². The van der Waals surface area contributed by atoms with Crippen LogP contribution in [0.15, 0.2) is 18.2 Å². The molecule has 104 valence electrons. The molecule has 4 heteroatoms. The average molecular weight is 262 g/mol. The molecule has 0 radical (unpaired) electrons. The molecule has 0 unspecified atom stereocenters. The van der Waals surface area contributed by atoms with Gasteiger partial charge in [-0.15, -0.1) is 0 Å². The normalized spacial score (nSPS) is 15.9. The second kappa shape index (κ2) is 5.61. The molecule has 0 aromatic heterocycles. The van der Waals surface area contributed by atoms with Gasteiger partial charge in [-0.3, -0.25) is 4.79 Å². The highest BCUT2D eigenvalue weighted by Crippen LogP contribution is 2.35. The second-order valence-corrected chi connectivity index (χ2v) is 5.73. The summed E-state index contributed by atoms with van der Waals surface area (Å²) < 4.78 is 5.85. The first-order valence-electron chi connectivity index (χ1n) is 6.76. The fourth-order valence-electron chi connectivity index (χ4n) is 2.39. The molecule has 0 spiro atoms. The molecule has 0 saturated heterocycles. The lowest BCUT2D eigenvalue weighted by molar-refractivity contribution is -0.118. The quantitative estimate of drug-likeness (QED) is 0.768. The summed E-state index contributed by atoms with van der Waals surface area (Å²) in [5, 5.41) is 3.32. The van der Waals surface area contributed by atoms with Gasteiger partial charge < -0.3 is 15.8 Å². The molecule has 1 amide bonds. The molecule has 0 atom stereocenters. The lowest BCUT2D eigenvalue weighted by Crippen LogP contribution is -2.24. The van der Waals surface area contributed by atoms with Crippen molar-refractivity contribution in [1.29, 1.82) is 0 Å². The Morgan fingerprint density at radius 2 is 2.26 bits per heavy atom. The number of nitrogens with two attached hydrogens (primary N) is 1. The van der Waals surface area contributed by atoms with E-state index in [9.17, 15) is 4.79 Å². The minimum absolute atomic E-state index is 0.0874. The van der Waals surface area contributed by atoms with E-state index < -0.39 is 0 Å². The highest BCUT2D eigenvalue weighted by molar-refractivity contribution is 5.73. The fourth-order valence-corrected chi connectivity index (χ4v) is 2.39. The Kier molecular flexibility index (Phi) is 4.10. The largest absolute Gasteiger partial charge is 0.487 e. The SMILES string of the molecule is CC1(C)Cc2cc(CNCCCC(N)=O)ccc2O1. The van der Waals surface area contributed by atoms with Crippen LogP contribution in [-0.2, 0) is 17.8 Å². The molecule has 2 rings (SSSR count). The second-order valence-electron chi connectivity index (χ2n) is 5.73. The molecule has 19 heavy (non-hydrogen) atoms. The van der Waals surface area contributed by atoms with Crippen molar-refractivity contribution >= 4 is 5.91 Å². The van der Waals surface area contributed by atoms with Crippen LogP contribution < -0.4 is 15.8 Å². The number of fused-ring (bicyclic) bond motifs is 1. The van der Waals surface area contributed by atoms with E-state index in [1.54, 1.807) is 0 Å². The predicted octanol–water partition coefficient (Wildman–Crippen LogP) is 1.76. The Morgan fingerprint density at radius 3 is 3.00 bits per heavy atom. The lowest BCUT2D eigenvalue weighted by atomic mass is 10.0. The molecule has 1 aromatic rings. The van der Waals surface area contributed by atoms with Gasteiger partial charge in [0.05, 0.1) is 0 Å². The van der Waals surface area contributed by atoms with Gasteiger partial charge in [-0.2, -0.15) is 0 Å². The number of rotatable bonds is 6. The monoisotopic (exact) mass is 262 g/mol. The van der Waals surface area contributed by atoms with E-state index in [-0.39, 0.29) is 11.5 Å². The summed E-state index contributed by atoms with van der Waals surface area (Å²) >= 11 is 0. The van der Waals surface area contributed by atoms with Crippen molar-refractivity contribution in [2.24, 2.45) is 5.73 Å². The molecule has 3 N–H and O–H groups in total. The van der Waals surface area contributed by atoms with Crippen LogP contribution in [0.25, 0.3) is 0 Å². The summed E-state index contributed by atoms with van der Waals surface area (Å²) in [6.07, 6.45) is 2.19. The molecule has 1 aliphatic heterocycles. The molecule has 0 aliphatic carbocycles. The van der Waals surface area contributed by atoms with E-state index >= 15 is 0 Å². The maximum Gasteiger partial charge on any atom is 0.217 e. The molecule has 4 nitrogen and oxygen atoms in total. The molecule has 1 aliphatic rings. The van der Waals surface area contributed by atoms with Gasteiger partial charge in [-0.1, -0.05) is 12.1 Å². The van der Waals surface area contributed by atoms with Gasteiger partial charge in [0, 0.05) is 19.4 Å². The molecule has 0 fully saturated rings. The van der Waals surface area contributed by atoms with Gasteiger partial charge in [0.1, 0.15) is 11.4 Å². The number of hydrogen-bond acceptors (Lipinski definition) is 3. The molecular weight excluding hydrogens is 240 g/mol. The van der Waals surface area contributed by atoms with Crippen LogP contribution in [0.5, 0.6) is 5.75 Å². The minimum Gasteiger partial charge on any atom is -0.487 e. The molecular formula is C15H22N2O2. The first-order valence-corrected chi connectivity index (χ1v) is 6.76. The van der Waals surface area contributed by atoms with Crippen molar-refractivity contribution in [1.82, 2.24) is 5.32 Å². The van der Waals surface area contributed by atoms with Crippen molar-refractivity contribution in [3.8, 4) is 5.75 Å². The Hall–Kier alpha value is -1.55. The minimum atomic E-state index is -0.237. The predicted molar refractivity (Wildman–Crippen MR) is 75.0 cm³/mol. The van der Waals surface area contributed by atoms with Gasteiger partial charge in [-0.25, -0.2) is 0 Å². The molecule has 1 aromatic carbocycles. The average Bonchev–Trinajstić information content (AvgIpc) is 2.61. The van der Waals surface area contributed by atoms with Gasteiger partial charge >= 0.3 is 0 Å². The molecule has 1 heterocycles. The van der Waals surface area contributed by atoms with E-state index in [1.807, 2.05) is 6.07 Å². The van der Waals surface area contributed by atoms with Gasteiger partial charge in [0.2, 0.25) is 5.91 Å². The van der Waals surface area contributed by atoms with E-state index in [0.29, 0.717) is 6.42 Å². The highest BCUT2D eigenvalue weighted by atomic mass is 16.5. The number of amides is 1. The number of benzene rings is 1. The van der Waals surface area contributed by atoms with Crippen molar-refractivity contribution in [2.75, 3.05) is 6.54 Å².